The summed E-state index contributed by atoms with van der Waals surface area (Å²) < 4.78 is 0. The quantitative estimate of drug-likeness (QED) is 0.0917. The number of aryl methyl sites for hydroxylation is 3. The van der Waals surface area contributed by atoms with E-state index in [1.807, 2.05) is 0 Å². The zero-order chi connectivity index (χ0) is 38.1. The highest BCUT2D eigenvalue weighted by Crippen LogP contribution is 2.43. The summed E-state index contributed by atoms with van der Waals surface area (Å²) in [5.74, 6) is 0.0118. The summed E-state index contributed by atoms with van der Waals surface area (Å²) >= 11 is 0. The Hall–Kier alpha value is -6.19. The average Bonchev–Trinajstić information content (AvgIpc) is 3.24. The van der Waals surface area contributed by atoms with E-state index in [2.05, 4.69) is 204 Å². The van der Waals surface area contributed by atoms with Crippen LogP contribution in [0.4, 0.5) is 11.4 Å². The monoisotopic (exact) mass is 715 g/mol. The molecule has 3 nitrogen and oxygen atoms in total. The van der Waals surface area contributed by atoms with Gasteiger partial charge in [0.2, 0.25) is 0 Å². The molecule has 0 spiro atoms. The zero-order valence-corrected chi connectivity index (χ0v) is 32.6. The number of hydrogen-bond acceptors (Lipinski definition) is 3. The standard InChI is InChI=1S/C52H49N3/c1-6-39-30-20-31-40(7-2)52(39)54-38(5)48-33-21-32-47(55-48)37(4)53-51-36(3)34-45(49(41-22-12-8-13-23-41)42-24-14-9-15-25-42)35-46(51)50(43-26-16-10-17-27-43)44-28-18-11-19-29-44/h8-35,49-50H,6-7H2,1-5H3. The molecule has 0 unspecified atom stereocenters. The summed E-state index contributed by atoms with van der Waals surface area (Å²) in [5, 5.41) is 0. The maximum absolute atomic E-state index is 5.50. The van der Waals surface area contributed by atoms with Crippen LogP contribution < -0.4 is 0 Å². The molecule has 272 valence electrons. The first-order valence-corrected chi connectivity index (χ1v) is 19.5. The van der Waals surface area contributed by atoms with Crippen LogP contribution in [0.25, 0.3) is 0 Å². The fraction of sp³-hybridized carbons (Fsp3) is 0.173. The van der Waals surface area contributed by atoms with E-state index in [-0.39, 0.29) is 11.8 Å². The van der Waals surface area contributed by atoms with Crippen molar-refractivity contribution >= 4 is 22.8 Å². The number of aliphatic imine (C=N–C) groups is 2. The van der Waals surface area contributed by atoms with Gasteiger partial charge in [0.05, 0.1) is 34.2 Å². The van der Waals surface area contributed by atoms with Gasteiger partial charge >= 0.3 is 0 Å². The van der Waals surface area contributed by atoms with Crippen molar-refractivity contribution in [3.05, 3.63) is 231 Å². The third kappa shape index (κ3) is 8.32. The topological polar surface area (TPSA) is 37.6 Å². The molecular formula is C52H49N3. The van der Waals surface area contributed by atoms with Crippen LogP contribution in [-0.2, 0) is 12.8 Å². The lowest BCUT2D eigenvalue weighted by Gasteiger charge is -2.26. The van der Waals surface area contributed by atoms with E-state index in [9.17, 15) is 0 Å². The molecule has 0 saturated heterocycles. The number of rotatable bonds is 12. The Labute approximate surface area is 327 Å². The van der Waals surface area contributed by atoms with Gasteiger partial charge in [-0.1, -0.05) is 172 Å². The molecule has 0 aliphatic carbocycles. The second kappa shape index (κ2) is 17.3. The molecule has 6 aromatic carbocycles. The number of pyridine rings is 1. The number of nitrogens with zero attached hydrogens (tertiary/aromatic N) is 3. The Morgan fingerprint density at radius 1 is 0.455 bits per heavy atom. The van der Waals surface area contributed by atoms with Crippen molar-refractivity contribution in [1.82, 2.24) is 4.98 Å². The maximum atomic E-state index is 5.50. The van der Waals surface area contributed by atoms with Gasteiger partial charge < -0.3 is 0 Å². The fourth-order valence-electron chi connectivity index (χ4n) is 7.73. The highest BCUT2D eigenvalue weighted by Gasteiger charge is 2.25. The van der Waals surface area contributed by atoms with Crippen LogP contribution >= 0.6 is 0 Å². The van der Waals surface area contributed by atoms with Gasteiger partial charge in [0.25, 0.3) is 0 Å². The number of benzene rings is 6. The molecule has 1 aromatic heterocycles. The van der Waals surface area contributed by atoms with Gasteiger partial charge in [-0.3, -0.25) is 9.98 Å². The number of aromatic nitrogens is 1. The fourth-order valence-corrected chi connectivity index (χ4v) is 7.73. The maximum Gasteiger partial charge on any atom is 0.0849 e. The molecule has 0 atom stereocenters. The smallest absolute Gasteiger partial charge is 0.0849 e. The van der Waals surface area contributed by atoms with Crippen molar-refractivity contribution in [3.8, 4) is 0 Å². The van der Waals surface area contributed by atoms with Crippen LogP contribution in [0.1, 0.15) is 101 Å². The summed E-state index contributed by atoms with van der Waals surface area (Å²) in [5.41, 5.74) is 16.5. The summed E-state index contributed by atoms with van der Waals surface area (Å²) in [4.78, 5) is 15.8. The molecule has 7 aromatic rings. The SMILES string of the molecule is CCc1cccc(CC)c1N=C(C)c1cccc(C(C)=Nc2c(C)cc(C(c3ccccc3)c3ccccc3)cc2C(c2ccccc2)c2ccccc2)n1. The van der Waals surface area contributed by atoms with Crippen LogP contribution in [0.5, 0.6) is 0 Å². The van der Waals surface area contributed by atoms with Crippen molar-refractivity contribution < 1.29 is 0 Å². The summed E-state index contributed by atoms with van der Waals surface area (Å²) in [7, 11) is 0. The normalized spacial score (nSPS) is 12.1. The number of hydrogen-bond donors (Lipinski definition) is 0. The predicted octanol–water partition coefficient (Wildman–Crippen LogP) is 13.2. The van der Waals surface area contributed by atoms with E-state index >= 15 is 0 Å². The van der Waals surface area contributed by atoms with Gasteiger partial charge in [0.15, 0.2) is 0 Å². The van der Waals surface area contributed by atoms with E-state index in [0.29, 0.717) is 0 Å². The minimum absolute atomic E-state index is 0.0418. The van der Waals surface area contributed by atoms with E-state index in [0.717, 1.165) is 52.6 Å². The van der Waals surface area contributed by atoms with Gasteiger partial charge in [-0.15, -0.1) is 0 Å². The molecule has 1 heterocycles. The minimum atomic E-state index is -0.0418. The van der Waals surface area contributed by atoms with E-state index in [4.69, 9.17) is 15.0 Å². The van der Waals surface area contributed by atoms with Gasteiger partial charge in [-0.2, -0.15) is 0 Å². The molecule has 0 amide bonds. The first-order chi connectivity index (χ1) is 26.9. The molecule has 0 N–H and O–H groups in total. The Kier molecular flexibility index (Phi) is 11.7. The third-order valence-corrected chi connectivity index (χ3v) is 10.5. The largest absolute Gasteiger partial charge is 0.251 e. The van der Waals surface area contributed by atoms with Crippen molar-refractivity contribution in [1.29, 1.82) is 0 Å². The van der Waals surface area contributed by atoms with Gasteiger partial charge in [-0.05, 0) is 95.8 Å². The lowest BCUT2D eigenvalue weighted by atomic mass is 9.79. The van der Waals surface area contributed by atoms with Crippen LogP contribution in [0.2, 0.25) is 0 Å². The van der Waals surface area contributed by atoms with Crippen LogP contribution in [0, 0.1) is 6.92 Å². The summed E-state index contributed by atoms with van der Waals surface area (Å²) in [6, 6.07) is 60.7. The van der Waals surface area contributed by atoms with Crippen molar-refractivity contribution in [2.24, 2.45) is 9.98 Å². The molecule has 0 bridgehead atoms. The molecule has 0 saturated carbocycles. The molecular weight excluding hydrogens is 667 g/mol. The van der Waals surface area contributed by atoms with Crippen molar-refractivity contribution in [3.63, 3.8) is 0 Å². The first kappa shape index (κ1) is 37.1. The van der Waals surface area contributed by atoms with E-state index in [1.165, 1.54) is 44.5 Å². The summed E-state index contributed by atoms with van der Waals surface area (Å²) in [6.07, 6.45) is 1.87. The summed E-state index contributed by atoms with van der Waals surface area (Å²) in [6.45, 7) is 10.7. The second-order valence-corrected chi connectivity index (χ2v) is 14.2. The van der Waals surface area contributed by atoms with Crippen LogP contribution in [0.15, 0.2) is 180 Å². The Bertz CT molecular complexity index is 2310. The highest BCUT2D eigenvalue weighted by atomic mass is 14.8. The van der Waals surface area contributed by atoms with E-state index in [1.54, 1.807) is 0 Å². The molecule has 7 rings (SSSR count). The van der Waals surface area contributed by atoms with Crippen molar-refractivity contribution in [2.45, 2.75) is 59.3 Å². The Balaban J connectivity index is 1.40. The lowest BCUT2D eigenvalue weighted by molar-refractivity contribution is 0.934. The van der Waals surface area contributed by atoms with Crippen LogP contribution in [0.3, 0.4) is 0 Å². The molecule has 0 fully saturated rings. The minimum Gasteiger partial charge on any atom is -0.251 e. The lowest BCUT2D eigenvalue weighted by Crippen LogP contribution is -2.10. The van der Waals surface area contributed by atoms with Crippen LogP contribution in [-0.4, -0.2) is 16.4 Å². The predicted molar refractivity (Wildman–Crippen MR) is 232 cm³/mol. The Morgan fingerprint density at radius 3 is 1.29 bits per heavy atom. The molecule has 0 radical (unpaired) electrons. The third-order valence-electron chi connectivity index (χ3n) is 10.5. The molecule has 55 heavy (non-hydrogen) atoms. The van der Waals surface area contributed by atoms with Gasteiger partial charge in [-0.25, -0.2) is 4.98 Å². The van der Waals surface area contributed by atoms with Crippen molar-refractivity contribution in [2.75, 3.05) is 0 Å². The molecule has 3 heteroatoms. The highest BCUT2D eigenvalue weighted by molar-refractivity contribution is 6.02. The zero-order valence-electron chi connectivity index (χ0n) is 32.6. The van der Waals surface area contributed by atoms with Gasteiger partial charge in [0, 0.05) is 11.8 Å². The average molecular weight is 716 g/mol. The second-order valence-electron chi connectivity index (χ2n) is 14.2. The first-order valence-electron chi connectivity index (χ1n) is 19.5. The molecule has 0 aliphatic heterocycles. The van der Waals surface area contributed by atoms with Gasteiger partial charge in [0.1, 0.15) is 0 Å². The number of para-hydroxylation sites is 1. The van der Waals surface area contributed by atoms with E-state index < -0.39 is 0 Å². The Morgan fingerprint density at radius 2 is 0.855 bits per heavy atom. The molecule has 0 aliphatic rings.